The molecule has 1 atom stereocenters. The van der Waals surface area contributed by atoms with Crippen LogP contribution in [0.1, 0.15) is 29.7 Å². The third kappa shape index (κ3) is 5.16. The summed E-state index contributed by atoms with van der Waals surface area (Å²) in [7, 11) is 2.02. The van der Waals surface area contributed by atoms with Crippen molar-refractivity contribution in [1.29, 1.82) is 0 Å². The highest BCUT2D eigenvalue weighted by atomic mass is 16.1. The summed E-state index contributed by atoms with van der Waals surface area (Å²) in [6.45, 7) is 3.18. The smallest absolute Gasteiger partial charge is 0.227 e. The molecule has 28 heavy (non-hydrogen) atoms. The van der Waals surface area contributed by atoms with Crippen LogP contribution in [-0.2, 0) is 17.8 Å². The summed E-state index contributed by atoms with van der Waals surface area (Å²) >= 11 is 0. The second kappa shape index (κ2) is 9.65. The summed E-state index contributed by atoms with van der Waals surface area (Å²) in [6, 6.07) is 19.7. The average molecular weight is 374 g/mol. The van der Waals surface area contributed by atoms with Gasteiger partial charge < -0.3 is 10.2 Å². The Kier molecular flexibility index (Phi) is 6.73. The van der Waals surface area contributed by atoms with Crippen LogP contribution in [-0.4, -0.2) is 29.5 Å². The van der Waals surface area contributed by atoms with Crippen molar-refractivity contribution < 1.29 is 4.79 Å². The van der Waals surface area contributed by atoms with Gasteiger partial charge in [0.05, 0.1) is 5.92 Å². The highest BCUT2D eigenvalue weighted by Gasteiger charge is 2.16. The van der Waals surface area contributed by atoms with E-state index in [1.165, 1.54) is 0 Å². The largest absolute Gasteiger partial charge is 0.359 e. The molecule has 144 valence electrons. The van der Waals surface area contributed by atoms with Crippen LogP contribution in [0.2, 0.25) is 0 Å². The molecule has 5 nitrogen and oxygen atoms in total. The molecule has 0 unspecified atom stereocenters. The Morgan fingerprint density at radius 2 is 1.75 bits per heavy atom. The van der Waals surface area contributed by atoms with Gasteiger partial charge in [0.25, 0.3) is 0 Å². The molecule has 2 aromatic heterocycles. The van der Waals surface area contributed by atoms with Crippen LogP contribution in [0, 0.1) is 0 Å². The number of nitrogens with one attached hydrogen (secondary N) is 1. The van der Waals surface area contributed by atoms with E-state index in [9.17, 15) is 4.79 Å². The predicted octanol–water partition coefficient (Wildman–Crippen LogP) is 3.58. The van der Waals surface area contributed by atoms with Crippen molar-refractivity contribution >= 4 is 11.7 Å². The number of carbonyl (C=O) groups excluding carboxylic acids is 1. The number of benzene rings is 1. The van der Waals surface area contributed by atoms with E-state index in [0.717, 1.165) is 35.6 Å². The van der Waals surface area contributed by atoms with E-state index in [4.69, 9.17) is 0 Å². The first-order valence-corrected chi connectivity index (χ1v) is 9.52. The Morgan fingerprint density at radius 1 is 1.00 bits per heavy atom. The molecule has 0 fully saturated rings. The minimum Gasteiger partial charge on any atom is -0.359 e. The van der Waals surface area contributed by atoms with Crippen LogP contribution in [0.5, 0.6) is 0 Å². The zero-order chi connectivity index (χ0) is 19.8. The van der Waals surface area contributed by atoms with Gasteiger partial charge in [-0.05, 0) is 30.7 Å². The number of anilines is 1. The molecule has 0 radical (unpaired) electrons. The van der Waals surface area contributed by atoms with Crippen molar-refractivity contribution in [3.05, 3.63) is 89.9 Å². The molecule has 0 aliphatic carbocycles. The number of hydrogen-bond acceptors (Lipinski definition) is 4. The molecule has 3 aromatic rings. The van der Waals surface area contributed by atoms with Gasteiger partial charge in [0, 0.05) is 50.2 Å². The molecule has 0 saturated heterocycles. The molecule has 1 N–H and O–H groups in total. The molecule has 2 heterocycles. The van der Waals surface area contributed by atoms with Gasteiger partial charge in [-0.1, -0.05) is 42.5 Å². The minimum absolute atomic E-state index is 0.0112. The fourth-order valence-electron chi connectivity index (χ4n) is 3.07. The number of aromatic nitrogens is 2. The van der Waals surface area contributed by atoms with Crippen LogP contribution in [0.4, 0.5) is 5.82 Å². The quantitative estimate of drug-likeness (QED) is 0.655. The zero-order valence-electron chi connectivity index (χ0n) is 16.4. The Labute approximate surface area is 166 Å². The van der Waals surface area contributed by atoms with Crippen LogP contribution in [0.15, 0.2) is 73.1 Å². The number of nitrogens with zero attached hydrogens (tertiary/aromatic N) is 3. The maximum atomic E-state index is 12.6. The van der Waals surface area contributed by atoms with E-state index < -0.39 is 0 Å². The fourth-order valence-corrected chi connectivity index (χ4v) is 3.07. The Morgan fingerprint density at radius 3 is 2.50 bits per heavy atom. The lowest BCUT2D eigenvalue weighted by Gasteiger charge is -2.21. The van der Waals surface area contributed by atoms with Gasteiger partial charge in [-0.25, -0.2) is 4.98 Å². The number of pyridine rings is 2. The van der Waals surface area contributed by atoms with E-state index in [1.54, 1.807) is 6.20 Å². The first-order valence-electron chi connectivity index (χ1n) is 9.52. The third-order valence-corrected chi connectivity index (χ3v) is 4.80. The van der Waals surface area contributed by atoms with E-state index in [-0.39, 0.29) is 11.8 Å². The number of rotatable bonds is 8. The number of hydrogen-bond donors (Lipinski definition) is 1. The SMILES string of the molecule is C[C@@H](C(=O)NCc1cccnc1N(C)CCc1ccccn1)c1ccccc1. The summed E-state index contributed by atoms with van der Waals surface area (Å²) in [4.78, 5) is 23.6. The molecular formula is C23H26N4O. The highest BCUT2D eigenvalue weighted by molar-refractivity contribution is 5.83. The molecule has 0 aliphatic rings. The lowest BCUT2D eigenvalue weighted by Crippen LogP contribution is -2.29. The average Bonchev–Trinajstić information content (AvgIpc) is 2.76. The summed E-state index contributed by atoms with van der Waals surface area (Å²) in [5.41, 5.74) is 3.07. The van der Waals surface area contributed by atoms with Gasteiger partial charge in [0.2, 0.25) is 5.91 Å². The van der Waals surface area contributed by atoms with E-state index in [0.29, 0.717) is 6.54 Å². The van der Waals surface area contributed by atoms with Gasteiger partial charge in [-0.3, -0.25) is 9.78 Å². The Hall–Kier alpha value is -3.21. The van der Waals surface area contributed by atoms with Crippen LogP contribution < -0.4 is 10.2 Å². The van der Waals surface area contributed by atoms with Crippen LogP contribution >= 0.6 is 0 Å². The van der Waals surface area contributed by atoms with Crippen molar-refractivity contribution in [1.82, 2.24) is 15.3 Å². The predicted molar refractivity (Wildman–Crippen MR) is 112 cm³/mol. The third-order valence-electron chi connectivity index (χ3n) is 4.80. The second-order valence-corrected chi connectivity index (χ2v) is 6.83. The van der Waals surface area contributed by atoms with Crippen molar-refractivity contribution in [3.8, 4) is 0 Å². The summed E-state index contributed by atoms with van der Waals surface area (Å²) in [5.74, 6) is 0.700. The normalized spacial score (nSPS) is 11.6. The van der Waals surface area contributed by atoms with Crippen molar-refractivity contribution in [2.24, 2.45) is 0 Å². The molecule has 5 heteroatoms. The molecule has 0 spiro atoms. The lowest BCUT2D eigenvalue weighted by molar-refractivity contribution is -0.122. The second-order valence-electron chi connectivity index (χ2n) is 6.83. The molecule has 1 aromatic carbocycles. The van der Waals surface area contributed by atoms with Gasteiger partial charge in [-0.2, -0.15) is 0 Å². The maximum absolute atomic E-state index is 12.6. The van der Waals surface area contributed by atoms with E-state index in [2.05, 4.69) is 20.2 Å². The fraction of sp³-hybridized carbons (Fsp3) is 0.261. The Bertz CT molecular complexity index is 883. The summed E-state index contributed by atoms with van der Waals surface area (Å²) < 4.78 is 0. The van der Waals surface area contributed by atoms with Crippen molar-refractivity contribution in [2.75, 3.05) is 18.5 Å². The van der Waals surface area contributed by atoms with Crippen molar-refractivity contribution in [3.63, 3.8) is 0 Å². The van der Waals surface area contributed by atoms with Crippen LogP contribution in [0.25, 0.3) is 0 Å². The number of likely N-dealkylation sites (N-methyl/N-ethyl adjacent to an activating group) is 1. The van der Waals surface area contributed by atoms with Gasteiger partial charge in [0.1, 0.15) is 5.82 Å². The van der Waals surface area contributed by atoms with E-state index in [1.807, 2.05) is 80.8 Å². The minimum atomic E-state index is -0.191. The van der Waals surface area contributed by atoms with E-state index >= 15 is 0 Å². The maximum Gasteiger partial charge on any atom is 0.227 e. The van der Waals surface area contributed by atoms with Gasteiger partial charge in [0.15, 0.2) is 0 Å². The molecular weight excluding hydrogens is 348 g/mol. The molecule has 0 saturated carbocycles. The first kappa shape index (κ1) is 19.5. The van der Waals surface area contributed by atoms with Gasteiger partial charge in [-0.15, -0.1) is 0 Å². The first-order chi connectivity index (χ1) is 13.6. The topological polar surface area (TPSA) is 58.1 Å². The van der Waals surface area contributed by atoms with Gasteiger partial charge >= 0.3 is 0 Å². The molecule has 0 aliphatic heterocycles. The summed E-state index contributed by atoms with van der Waals surface area (Å²) in [5, 5.41) is 3.05. The monoisotopic (exact) mass is 374 g/mol. The molecule has 0 bridgehead atoms. The number of carbonyl (C=O) groups is 1. The summed E-state index contributed by atoms with van der Waals surface area (Å²) in [6.07, 6.45) is 4.43. The zero-order valence-corrected chi connectivity index (χ0v) is 16.4. The highest BCUT2D eigenvalue weighted by Crippen LogP contribution is 2.18. The Balaban J connectivity index is 1.61. The number of amides is 1. The lowest BCUT2D eigenvalue weighted by atomic mass is 10.0. The molecule has 3 rings (SSSR count). The standard InChI is InChI=1S/C23H26N4O/c1-18(19-9-4-3-5-10-19)23(28)26-17-20-11-8-15-25-22(20)27(2)16-13-21-12-6-7-14-24-21/h3-12,14-15,18H,13,16-17H2,1-2H3,(H,26,28)/t18-/m1/s1. The molecule has 1 amide bonds. The van der Waals surface area contributed by atoms with Crippen molar-refractivity contribution in [2.45, 2.75) is 25.8 Å². The van der Waals surface area contributed by atoms with Crippen LogP contribution in [0.3, 0.4) is 0 Å².